The van der Waals surface area contributed by atoms with Crippen LogP contribution in [0.15, 0.2) is 0 Å². The van der Waals surface area contributed by atoms with Crippen molar-refractivity contribution < 1.29 is 24.0 Å². The summed E-state index contributed by atoms with van der Waals surface area (Å²) in [7, 11) is 0. The van der Waals surface area contributed by atoms with E-state index in [9.17, 15) is 5.11 Å². The molecule has 0 aliphatic rings. The van der Waals surface area contributed by atoms with Crippen molar-refractivity contribution >= 4 is 0 Å². The van der Waals surface area contributed by atoms with Gasteiger partial charge in [-0.1, -0.05) is 84.5 Å². The van der Waals surface area contributed by atoms with Gasteiger partial charge in [-0.3, -0.25) is 0 Å². The number of hydrogen-bond acceptors (Lipinski definition) is 1. The summed E-state index contributed by atoms with van der Waals surface area (Å²) in [6.45, 7) is 4.03. The first kappa shape index (κ1) is 18.9. The third-order valence-electron chi connectivity index (χ3n) is 2.96. The molecule has 16 heavy (non-hydrogen) atoms. The van der Waals surface area contributed by atoms with Crippen molar-refractivity contribution in [3.63, 3.8) is 0 Å². The normalized spacial score (nSPS) is 12.2. The van der Waals surface area contributed by atoms with Crippen LogP contribution in [0.5, 0.6) is 0 Å². The van der Waals surface area contributed by atoms with Gasteiger partial charge in [-0.05, 0) is 0 Å². The van der Waals surface area contributed by atoms with Crippen molar-refractivity contribution in [3.8, 4) is 0 Å². The Kier molecular flexibility index (Phi) is 18.4. The molecule has 0 amide bonds. The van der Waals surface area contributed by atoms with Crippen LogP contribution in [-0.2, 0) is 0 Å². The Morgan fingerprint density at radius 2 is 1.12 bits per heavy atom. The van der Waals surface area contributed by atoms with Gasteiger partial charge in [-0.25, -0.2) is 0 Å². The molecule has 0 spiro atoms. The smallest absolute Gasteiger partial charge is 0.852 e. The third kappa shape index (κ3) is 17.0. The summed E-state index contributed by atoms with van der Waals surface area (Å²) >= 11 is 0. The molecule has 0 heterocycles. The molecule has 92 valence electrons. The minimum Gasteiger partial charge on any atom is -0.852 e. The molecule has 0 aliphatic carbocycles. The Morgan fingerprint density at radius 1 is 0.750 bits per heavy atom. The van der Waals surface area contributed by atoms with Crippen LogP contribution in [0.2, 0.25) is 0 Å². The molecule has 0 aromatic rings. The topological polar surface area (TPSA) is 23.1 Å². The Labute approximate surface area is 115 Å². The van der Waals surface area contributed by atoms with Crippen molar-refractivity contribution in [2.24, 2.45) is 0 Å². The SMILES string of the molecule is CCCCCCCCCCCCC(C)[O-].[Li+]. The van der Waals surface area contributed by atoms with E-state index >= 15 is 0 Å². The molecule has 0 rings (SSSR count). The summed E-state index contributed by atoms with van der Waals surface area (Å²) in [5, 5.41) is 10.8. The molecule has 0 fully saturated rings. The molecule has 1 atom stereocenters. The molecule has 1 unspecified atom stereocenters. The standard InChI is InChI=1S/C14H29O.Li/c1-3-4-5-6-7-8-9-10-11-12-13-14(2)15;/h14H,3-13H2,1-2H3;/q-1;+1. The van der Waals surface area contributed by atoms with Crippen molar-refractivity contribution in [3.05, 3.63) is 0 Å². The molecule has 1 nitrogen and oxygen atoms in total. The average molecular weight is 220 g/mol. The summed E-state index contributed by atoms with van der Waals surface area (Å²) in [5.74, 6) is 0. The minimum atomic E-state index is -0.348. The first-order valence-corrected chi connectivity index (χ1v) is 6.93. The molecule has 0 aliphatic heterocycles. The largest absolute Gasteiger partial charge is 1.00 e. The Morgan fingerprint density at radius 3 is 1.50 bits per heavy atom. The van der Waals surface area contributed by atoms with E-state index in [2.05, 4.69) is 6.92 Å². The fraction of sp³-hybridized carbons (Fsp3) is 1.00. The van der Waals surface area contributed by atoms with Crippen LogP contribution >= 0.6 is 0 Å². The van der Waals surface area contributed by atoms with Crippen LogP contribution in [0.25, 0.3) is 0 Å². The predicted molar refractivity (Wildman–Crippen MR) is 65.9 cm³/mol. The van der Waals surface area contributed by atoms with Gasteiger partial charge >= 0.3 is 18.9 Å². The quantitative estimate of drug-likeness (QED) is 0.377. The van der Waals surface area contributed by atoms with Gasteiger partial charge in [0.1, 0.15) is 0 Å². The van der Waals surface area contributed by atoms with Gasteiger partial charge in [0.25, 0.3) is 0 Å². The fourth-order valence-corrected chi connectivity index (χ4v) is 1.92. The monoisotopic (exact) mass is 220 g/mol. The Hall–Kier alpha value is 0.557. The fourth-order valence-electron chi connectivity index (χ4n) is 1.92. The molecule has 0 saturated carbocycles. The Balaban J connectivity index is 0. The van der Waals surface area contributed by atoms with E-state index in [0.29, 0.717) is 0 Å². The van der Waals surface area contributed by atoms with Crippen LogP contribution < -0.4 is 24.0 Å². The van der Waals surface area contributed by atoms with Crippen LogP contribution in [-0.4, -0.2) is 6.10 Å². The first-order chi connectivity index (χ1) is 7.27. The maximum Gasteiger partial charge on any atom is 1.00 e. The minimum absolute atomic E-state index is 0. The molecule has 0 aromatic heterocycles. The van der Waals surface area contributed by atoms with Crippen LogP contribution in [0.1, 0.15) is 84.5 Å². The third-order valence-corrected chi connectivity index (χ3v) is 2.96. The molecule has 0 radical (unpaired) electrons. The molecular weight excluding hydrogens is 191 g/mol. The zero-order valence-corrected chi connectivity index (χ0v) is 11.8. The number of unbranched alkanes of at least 4 members (excludes halogenated alkanes) is 9. The Bertz CT molecular complexity index is 115. The zero-order chi connectivity index (χ0) is 11.4. The summed E-state index contributed by atoms with van der Waals surface area (Å²) < 4.78 is 0. The first-order valence-electron chi connectivity index (χ1n) is 6.93. The van der Waals surface area contributed by atoms with Crippen molar-refractivity contribution in [2.75, 3.05) is 0 Å². The second kappa shape index (κ2) is 15.6. The van der Waals surface area contributed by atoms with Gasteiger partial charge in [0.15, 0.2) is 0 Å². The van der Waals surface area contributed by atoms with Gasteiger partial charge < -0.3 is 5.11 Å². The van der Waals surface area contributed by atoms with Gasteiger partial charge in [0.2, 0.25) is 0 Å². The summed E-state index contributed by atoms with van der Waals surface area (Å²) in [6.07, 6.45) is 14.0. The van der Waals surface area contributed by atoms with E-state index in [1.54, 1.807) is 6.92 Å². The predicted octanol–water partition coefficient (Wildman–Crippen LogP) is 1.05. The van der Waals surface area contributed by atoms with Gasteiger partial charge in [-0.2, -0.15) is 0 Å². The molecule has 0 N–H and O–H groups in total. The molecule has 0 saturated heterocycles. The second-order valence-corrected chi connectivity index (χ2v) is 4.78. The average Bonchev–Trinajstić information content (AvgIpc) is 2.20. The summed E-state index contributed by atoms with van der Waals surface area (Å²) in [4.78, 5) is 0. The van der Waals surface area contributed by atoms with E-state index in [-0.39, 0.29) is 25.0 Å². The van der Waals surface area contributed by atoms with Gasteiger partial charge in [0, 0.05) is 0 Å². The number of rotatable bonds is 11. The zero-order valence-electron chi connectivity index (χ0n) is 11.8. The van der Waals surface area contributed by atoms with E-state index in [1.165, 1.54) is 57.8 Å². The molecule has 0 bridgehead atoms. The van der Waals surface area contributed by atoms with Crippen LogP contribution in [0.3, 0.4) is 0 Å². The van der Waals surface area contributed by atoms with E-state index in [1.807, 2.05) is 0 Å². The molecule has 2 heteroatoms. The van der Waals surface area contributed by atoms with Gasteiger partial charge in [-0.15, -0.1) is 6.10 Å². The second-order valence-electron chi connectivity index (χ2n) is 4.78. The van der Waals surface area contributed by atoms with E-state index in [0.717, 1.165) is 12.8 Å². The molecular formula is C14H29LiO. The number of hydrogen-bond donors (Lipinski definition) is 0. The molecule has 0 aromatic carbocycles. The summed E-state index contributed by atoms with van der Waals surface area (Å²) in [6, 6.07) is 0. The van der Waals surface area contributed by atoms with Gasteiger partial charge in [0.05, 0.1) is 0 Å². The van der Waals surface area contributed by atoms with Crippen molar-refractivity contribution in [1.29, 1.82) is 0 Å². The summed E-state index contributed by atoms with van der Waals surface area (Å²) in [5.41, 5.74) is 0. The van der Waals surface area contributed by atoms with Crippen LogP contribution in [0, 0.1) is 0 Å². The van der Waals surface area contributed by atoms with Crippen molar-refractivity contribution in [2.45, 2.75) is 90.6 Å². The van der Waals surface area contributed by atoms with Crippen LogP contribution in [0.4, 0.5) is 0 Å². The maximum absolute atomic E-state index is 10.8. The van der Waals surface area contributed by atoms with E-state index in [4.69, 9.17) is 0 Å². The maximum atomic E-state index is 10.8. The van der Waals surface area contributed by atoms with E-state index < -0.39 is 0 Å². The van der Waals surface area contributed by atoms with Crippen molar-refractivity contribution in [1.82, 2.24) is 0 Å².